The van der Waals surface area contributed by atoms with Crippen molar-refractivity contribution in [2.45, 2.75) is 13.0 Å². The highest BCUT2D eigenvalue weighted by atomic mass is 35.5. The summed E-state index contributed by atoms with van der Waals surface area (Å²) in [6, 6.07) is 0. The molecular formula is C7H12ClN3O2S. The molecule has 0 spiro atoms. The second kappa shape index (κ2) is 4.77. The van der Waals surface area contributed by atoms with Gasteiger partial charge in [-0.1, -0.05) is 11.6 Å². The zero-order valence-corrected chi connectivity index (χ0v) is 9.35. The third-order valence-electron chi connectivity index (χ3n) is 1.53. The summed E-state index contributed by atoms with van der Waals surface area (Å²) in [5.41, 5.74) is 0. The number of rotatable bonds is 5. The van der Waals surface area contributed by atoms with Crippen molar-refractivity contribution >= 4 is 21.6 Å². The van der Waals surface area contributed by atoms with Crippen LogP contribution < -0.4 is 4.72 Å². The summed E-state index contributed by atoms with van der Waals surface area (Å²) < 4.78 is 25.5. The van der Waals surface area contributed by atoms with E-state index in [0.717, 1.165) is 6.26 Å². The number of nitrogens with zero attached hydrogens (tertiary/aromatic N) is 2. The van der Waals surface area contributed by atoms with Gasteiger partial charge < -0.3 is 0 Å². The van der Waals surface area contributed by atoms with Gasteiger partial charge >= 0.3 is 0 Å². The molecule has 0 saturated carbocycles. The van der Waals surface area contributed by atoms with E-state index < -0.39 is 10.0 Å². The molecular weight excluding hydrogens is 226 g/mol. The van der Waals surface area contributed by atoms with Crippen LogP contribution in [0.15, 0.2) is 12.4 Å². The number of halogens is 1. The van der Waals surface area contributed by atoms with Gasteiger partial charge in [-0.25, -0.2) is 13.1 Å². The summed E-state index contributed by atoms with van der Waals surface area (Å²) >= 11 is 5.65. The number of aromatic nitrogens is 2. The maximum Gasteiger partial charge on any atom is 0.208 e. The average molecular weight is 238 g/mol. The summed E-state index contributed by atoms with van der Waals surface area (Å²) in [4.78, 5) is 0. The molecule has 0 saturated heterocycles. The first-order valence-corrected chi connectivity index (χ1v) is 6.37. The molecule has 0 aliphatic heterocycles. The quantitative estimate of drug-likeness (QED) is 0.758. The monoisotopic (exact) mass is 237 g/mol. The van der Waals surface area contributed by atoms with E-state index in [-0.39, 0.29) is 0 Å². The van der Waals surface area contributed by atoms with Crippen LogP contribution in [0, 0.1) is 0 Å². The standard InChI is InChI=1S/C7H12ClN3O2S/c1-14(12,13)10-3-2-4-11-6-7(8)5-9-11/h5-6,10H,2-4H2,1H3. The molecule has 0 aliphatic carbocycles. The molecule has 1 aromatic heterocycles. The van der Waals surface area contributed by atoms with Gasteiger partial charge in [0, 0.05) is 19.3 Å². The van der Waals surface area contributed by atoms with E-state index in [1.54, 1.807) is 17.1 Å². The Morgan fingerprint density at radius 1 is 1.64 bits per heavy atom. The molecule has 0 radical (unpaired) electrons. The Bertz CT molecular complexity index is 387. The van der Waals surface area contributed by atoms with Crippen molar-refractivity contribution in [3.05, 3.63) is 17.4 Å². The summed E-state index contributed by atoms with van der Waals surface area (Å²) in [5, 5.41) is 4.54. The van der Waals surface area contributed by atoms with Crippen LogP contribution >= 0.6 is 11.6 Å². The van der Waals surface area contributed by atoms with E-state index in [4.69, 9.17) is 11.6 Å². The van der Waals surface area contributed by atoms with Crippen LogP contribution in [-0.4, -0.2) is 31.0 Å². The minimum absolute atomic E-state index is 0.413. The predicted octanol–water partition coefficient (Wildman–Crippen LogP) is 0.476. The Kier molecular flexibility index (Phi) is 3.91. The molecule has 0 aliphatic rings. The first-order chi connectivity index (χ1) is 6.47. The highest BCUT2D eigenvalue weighted by molar-refractivity contribution is 7.88. The van der Waals surface area contributed by atoms with E-state index >= 15 is 0 Å². The maximum atomic E-state index is 10.7. The topological polar surface area (TPSA) is 64.0 Å². The van der Waals surface area contributed by atoms with E-state index in [0.29, 0.717) is 24.5 Å². The van der Waals surface area contributed by atoms with E-state index in [9.17, 15) is 8.42 Å². The molecule has 0 fully saturated rings. The summed E-state index contributed by atoms with van der Waals surface area (Å²) in [6.45, 7) is 1.06. The first-order valence-electron chi connectivity index (χ1n) is 4.10. The number of hydrogen-bond donors (Lipinski definition) is 1. The molecule has 0 bridgehead atoms. The van der Waals surface area contributed by atoms with Crippen LogP contribution in [0.1, 0.15) is 6.42 Å². The van der Waals surface area contributed by atoms with Gasteiger partial charge in [0.05, 0.1) is 17.5 Å². The molecule has 0 amide bonds. The Morgan fingerprint density at radius 3 is 2.86 bits per heavy atom. The molecule has 0 atom stereocenters. The zero-order chi connectivity index (χ0) is 10.6. The van der Waals surface area contributed by atoms with Crippen LogP contribution in [0.25, 0.3) is 0 Å². The molecule has 14 heavy (non-hydrogen) atoms. The fourth-order valence-corrected chi connectivity index (χ4v) is 1.63. The lowest BCUT2D eigenvalue weighted by molar-refractivity contribution is 0.556. The van der Waals surface area contributed by atoms with Crippen LogP contribution in [0.4, 0.5) is 0 Å². The van der Waals surface area contributed by atoms with Gasteiger partial charge in [0.1, 0.15) is 0 Å². The van der Waals surface area contributed by atoms with Crippen LogP contribution in [0.3, 0.4) is 0 Å². The van der Waals surface area contributed by atoms with Gasteiger partial charge in [0.25, 0.3) is 0 Å². The fraction of sp³-hybridized carbons (Fsp3) is 0.571. The van der Waals surface area contributed by atoms with Gasteiger partial charge in [0.15, 0.2) is 0 Å². The SMILES string of the molecule is CS(=O)(=O)NCCCn1cc(Cl)cn1. The lowest BCUT2D eigenvalue weighted by Crippen LogP contribution is -2.23. The van der Waals surface area contributed by atoms with Gasteiger partial charge in [-0.3, -0.25) is 4.68 Å². The smallest absolute Gasteiger partial charge is 0.208 e. The van der Waals surface area contributed by atoms with Gasteiger partial charge in [-0.05, 0) is 6.42 Å². The summed E-state index contributed by atoms with van der Waals surface area (Å²) in [5.74, 6) is 0. The Labute approximate surface area is 88.1 Å². The van der Waals surface area contributed by atoms with Crippen LogP contribution in [0.2, 0.25) is 5.02 Å². The summed E-state index contributed by atoms with van der Waals surface area (Å²) in [6.07, 6.45) is 5.07. The number of nitrogens with one attached hydrogen (secondary N) is 1. The van der Waals surface area contributed by atoms with E-state index in [1.165, 1.54) is 0 Å². The van der Waals surface area contributed by atoms with Crippen molar-refractivity contribution in [2.24, 2.45) is 0 Å². The van der Waals surface area contributed by atoms with E-state index in [2.05, 4.69) is 9.82 Å². The zero-order valence-electron chi connectivity index (χ0n) is 7.77. The molecule has 1 aromatic rings. The van der Waals surface area contributed by atoms with Crippen molar-refractivity contribution in [2.75, 3.05) is 12.8 Å². The normalized spacial score (nSPS) is 11.9. The van der Waals surface area contributed by atoms with Crippen LogP contribution in [-0.2, 0) is 16.6 Å². The van der Waals surface area contributed by atoms with E-state index in [1.807, 2.05) is 0 Å². The number of sulfonamides is 1. The number of aryl methyl sites for hydroxylation is 1. The molecule has 0 unspecified atom stereocenters. The van der Waals surface area contributed by atoms with Crippen molar-refractivity contribution in [1.82, 2.24) is 14.5 Å². The third-order valence-corrected chi connectivity index (χ3v) is 2.45. The molecule has 5 nitrogen and oxygen atoms in total. The molecule has 1 rings (SSSR count). The average Bonchev–Trinajstić information content (AvgIpc) is 2.44. The fourth-order valence-electron chi connectivity index (χ4n) is 0.959. The summed E-state index contributed by atoms with van der Waals surface area (Å²) in [7, 11) is -3.08. The van der Waals surface area contributed by atoms with Gasteiger partial charge in [-0.15, -0.1) is 0 Å². The lowest BCUT2D eigenvalue weighted by Gasteiger charge is -2.02. The second-order valence-electron chi connectivity index (χ2n) is 2.94. The Morgan fingerprint density at radius 2 is 2.36 bits per heavy atom. The first kappa shape index (κ1) is 11.5. The third kappa shape index (κ3) is 4.59. The van der Waals surface area contributed by atoms with Crippen molar-refractivity contribution < 1.29 is 8.42 Å². The van der Waals surface area contributed by atoms with Crippen molar-refractivity contribution in [3.63, 3.8) is 0 Å². The largest absolute Gasteiger partial charge is 0.271 e. The molecule has 7 heteroatoms. The molecule has 1 heterocycles. The second-order valence-corrected chi connectivity index (χ2v) is 5.21. The Hall–Kier alpha value is -0.590. The molecule has 1 N–H and O–H groups in total. The molecule has 0 aromatic carbocycles. The van der Waals surface area contributed by atoms with Crippen molar-refractivity contribution in [1.29, 1.82) is 0 Å². The minimum Gasteiger partial charge on any atom is -0.271 e. The maximum absolute atomic E-state index is 10.7. The van der Waals surface area contributed by atoms with Gasteiger partial charge in [-0.2, -0.15) is 5.10 Å². The number of hydrogen-bond acceptors (Lipinski definition) is 3. The van der Waals surface area contributed by atoms with Gasteiger partial charge in [0.2, 0.25) is 10.0 Å². The van der Waals surface area contributed by atoms with Crippen LogP contribution in [0.5, 0.6) is 0 Å². The minimum atomic E-state index is -3.08. The van der Waals surface area contributed by atoms with Crippen molar-refractivity contribution in [3.8, 4) is 0 Å². The molecule has 80 valence electrons. The Balaban J connectivity index is 2.23. The highest BCUT2D eigenvalue weighted by Gasteiger charge is 1.99. The predicted molar refractivity (Wildman–Crippen MR) is 54.7 cm³/mol. The highest BCUT2D eigenvalue weighted by Crippen LogP contribution is 2.04. The lowest BCUT2D eigenvalue weighted by atomic mass is 10.4.